The van der Waals surface area contributed by atoms with Crippen molar-refractivity contribution in [3.8, 4) is 22.6 Å². The van der Waals surface area contributed by atoms with E-state index in [0.29, 0.717) is 0 Å². The predicted molar refractivity (Wildman–Crippen MR) is 117 cm³/mol. The second-order valence-electron chi connectivity index (χ2n) is 7.50. The molecule has 1 aromatic heterocycles. The molecule has 4 nitrogen and oxygen atoms in total. The molecule has 152 valence electrons. The monoisotopic (exact) mass is 402 g/mol. The number of ether oxygens (including phenoxy) is 2. The summed E-state index contributed by atoms with van der Waals surface area (Å²) in [6, 6.07) is 19.0. The van der Waals surface area contributed by atoms with Crippen molar-refractivity contribution in [3.63, 3.8) is 0 Å². The van der Waals surface area contributed by atoms with E-state index in [1.807, 2.05) is 30.3 Å². The third-order valence-corrected chi connectivity index (χ3v) is 5.86. The van der Waals surface area contributed by atoms with Gasteiger partial charge in [0.15, 0.2) is 0 Å². The Morgan fingerprint density at radius 3 is 2.50 bits per heavy atom. The molecule has 0 aliphatic carbocycles. The Kier molecular flexibility index (Phi) is 4.68. The van der Waals surface area contributed by atoms with Gasteiger partial charge in [0, 0.05) is 34.3 Å². The minimum absolute atomic E-state index is 0.0992. The SMILES string of the molecule is COc1cc(C2NCCc3c2[nH]c2ccc(F)cc32)c(OC)cc1-c1ccccc1. The predicted octanol–water partition coefficient (Wildman–Crippen LogP) is 5.23. The molecule has 0 fully saturated rings. The number of benzene rings is 3. The Hall–Kier alpha value is -3.31. The zero-order valence-corrected chi connectivity index (χ0v) is 17.0. The van der Waals surface area contributed by atoms with Crippen molar-refractivity contribution < 1.29 is 13.9 Å². The fraction of sp³-hybridized carbons (Fsp3) is 0.200. The summed E-state index contributed by atoms with van der Waals surface area (Å²) in [6.45, 7) is 0.799. The molecule has 0 amide bonds. The van der Waals surface area contributed by atoms with Gasteiger partial charge >= 0.3 is 0 Å². The van der Waals surface area contributed by atoms with Crippen molar-refractivity contribution in [3.05, 3.63) is 83.3 Å². The zero-order chi connectivity index (χ0) is 20.7. The van der Waals surface area contributed by atoms with Crippen LogP contribution in [-0.2, 0) is 6.42 Å². The molecule has 0 spiro atoms. The molecular formula is C25H23FN2O2. The van der Waals surface area contributed by atoms with Gasteiger partial charge in [-0.15, -0.1) is 0 Å². The normalized spacial score (nSPS) is 15.8. The lowest BCUT2D eigenvalue weighted by atomic mass is 9.91. The molecule has 0 radical (unpaired) electrons. The smallest absolute Gasteiger partial charge is 0.127 e. The third kappa shape index (κ3) is 3.02. The molecule has 2 heterocycles. The van der Waals surface area contributed by atoms with Crippen molar-refractivity contribution in [1.82, 2.24) is 10.3 Å². The van der Waals surface area contributed by atoms with Crippen LogP contribution in [0.2, 0.25) is 0 Å². The summed E-state index contributed by atoms with van der Waals surface area (Å²) in [5.41, 5.74) is 6.19. The van der Waals surface area contributed by atoms with Crippen molar-refractivity contribution in [2.75, 3.05) is 20.8 Å². The van der Waals surface area contributed by atoms with E-state index in [0.717, 1.165) is 63.3 Å². The molecule has 3 aromatic carbocycles. The molecule has 1 aliphatic heterocycles. The molecule has 0 saturated heterocycles. The summed E-state index contributed by atoms with van der Waals surface area (Å²) < 4.78 is 25.4. The Balaban J connectivity index is 1.67. The molecule has 4 aromatic rings. The minimum atomic E-state index is -0.217. The lowest BCUT2D eigenvalue weighted by Gasteiger charge is -2.27. The van der Waals surface area contributed by atoms with Crippen molar-refractivity contribution in [2.45, 2.75) is 12.5 Å². The summed E-state index contributed by atoms with van der Waals surface area (Å²) in [7, 11) is 3.37. The number of aromatic amines is 1. The van der Waals surface area contributed by atoms with E-state index in [2.05, 4.69) is 22.4 Å². The molecule has 0 bridgehead atoms. The van der Waals surface area contributed by atoms with Crippen molar-refractivity contribution in [1.29, 1.82) is 0 Å². The molecule has 1 aliphatic rings. The number of nitrogens with one attached hydrogen (secondary N) is 2. The number of rotatable bonds is 4. The maximum absolute atomic E-state index is 13.9. The second kappa shape index (κ2) is 7.50. The zero-order valence-electron chi connectivity index (χ0n) is 17.0. The number of fused-ring (bicyclic) bond motifs is 3. The number of halogens is 1. The van der Waals surface area contributed by atoms with Crippen LogP contribution in [0.5, 0.6) is 11.5 Å². The van der Waals surface area contributed by atoms with Gasteiger partial charge in [-0.1, -0.05) is 30.3 Å². The highest BCUT2D eigenvalue weighted by Gasteiger charge is 2.29. The van der Waals surface area contributed by atoms with Crippen molar-refractivity contribution in [2.24, 2.45) is 0 Å². The number of aromatic nitrogens is 1. The Morgan fingerprint density at radius 1 is 0.933 bits per heavy atom. The van der Waals surface area contributed by atoms with Crippen LogP contribution in [0, 0.1) is 5.82 Å². The first kappa shape index (κ1) is 18.7. The van der Waals surface area contributed by atoms with Crippen LogP contribution in [0.15, 0.2) is 60.7 Å². The molecule has 1 unspecified atom stereocenters. The van der Waals surface area contributed by atoms with Gasteiger partial charge in [-0.3, -0.25) is 0 Å². The van der Waals surface area contributed by atoms with Gasteiger partial charge in [0.1, 0.15) is 17.3 Å². The largest absolute Gasteiger partial charge is 0.496 e. The van der Waals surface area contributed by atoms with Crippen LogP contribution < -0.4 is 14.8 Å². The van der Waals surface area contributed by atoms with Crippen LogP contribution >= 0.6 is 0 Å². The van der Waals surface area contributed by atoms with Gasteiger partial charge in [0.25, 0.3) is 0 Å². The number of methoxy groups -OCH3 is 2. The van der Waals surface area contributed by atoms with Gasteiger partial charge in [0.2, 0.25) is 0 Å². The minimum Gasteiger partial charge on any atom is -0.496 e. The highest BCUT2D eigenvalue weighted by atomic mass is 19.1. The maximum Gasteiger partial charge on any atom is 0.127 e. The number of hydrogen-bond donors (Lipinski definition) is 2. The average Bonchev–Trinajstić information content (AvgIpc) is 3.16. The van der Waals surface area contributed by atoms with E-state index in [-0.39, 0.29) is 11.9 Å². The molecule has 5 rings (SSSR count). The molecular weight excluding hydrogens is 379 g/mol. The van der Waals surface area contributed by atoms with Crippen LogP contribution in [0.1, 0.15) is 22.9 Å². The van der Waals surface area contributed by atoms with Crippen LogP contribution in [0.3, 0.4) is 0 Å². The molecule has 30 heavy (non-hydrogen) atoms. The van der Waals surface area contributed by atoms with Gasteiger partial charge in [0.05, 0.1) is 20.3 Å². The highest BCUT2D eigenvalue weighted by Crippen LogP contribution is 2.42. The van der Waals surface area contributed by atoms with Crippen LogP contribution in [-0.4, -0.2) is 25.7 Å². The molecule has 2 N–H and O–H groups in total. The van der Waals surface area contributed by atoms with Crippen LogP contribution in [0.4, 0.5) is 4.39 Å². The first-order valence-corrected chi connectivity index (χ1v) is 10.0. The lowest BCUT2D eigenvalue weighted by molar-refractivity contribution is 0.393. The Morgan fingerprint density at radius 2 is 1.73 bits per heavy atom. The van der Waals surface area contributed by atoms with Gasteiger partial charge in [-0.05, 0) is 47.9 Å². The van der Waals surface area contributed by atoms with E-state index in [4.69, 9.17) is 9.47 Å². The van der Waals surface area contributed by atoms with E-state index < -0.39 is 0 Å². The molecule has 1 atom stereocenters. The summed E-state index contributed by atoms with van der Waals surface area (Å²) >= 11 is 0. The van der Waals surface area contributed by atoms with E-state index in [1.165, 1.54) is 6.07 Å². The summed E-state index contributed by atoms with van der Waals surface area (Å²) in [6.07, 6.45) is 0.844. The summed E-state index contributed by atoms with van der Waals surface area (Å²) in [5, 5.41) is 4.54. The van der Waals surface area contributed by atoms with Crippen LogP contribution in [0.25, 0.3) is 22.0 Å². The fourth-order valence-corrected chi connectivity index (χ4v) is 4.46. The number of H-pyrrole nitrogens is 1. The topological polar surface area (TPSA) is 46.3 Å². The van der Waals surface area contributed by atoms with Gasteiger partial charge < -0.3 is 19.8 Å². The standard InChI is InChI=1S/C25H23FN2O2/c1-29-22-14-20(23(30-2)13-18(22)15-6-4-3-5-7-15)24-25-17(10-11-27-24)19-12-16(26)8-9-21(19)28-25/h3-9,12-14,24,27-28H,10-11H2,1-2H3. The third-order valence-electron chi connectivity index (χ3n) is 5.86. The summed E-state index contributed by atoms with van der Waals surface area (Å²) in [4.78, 5) is 3.50. The first-order chi connectivity index (χ1) is 14.7. The lowest BCUT2D eigenvalue weighted by Crippen LogP contribution is -2.30. The van der Waals surface area contributed by atoms with E-state index in [1.54, 1.807) is 26.4 Å². The first-order valence-electron chi connectivity index (χ1n) is 10.0. The van der Waals surface area contributed by atoms with E-state index >= 15 is 0 Å². The van der Waals surface area contributed by atoms with E-state index in [9.17, 15) is 4.39 Å². The number of hydrogen-bond acceptors (Lipinski definition) is 3. The molecule has 0 saturated carbocycles. The van der Waals surface area contributed by atoms with Gasteiger partial charge in [-0.2, -0.15) is 0 Å². The highest BCUT2D eigenvalue weighted by molar-refractivity contribution is 5.85. The quantitative estimate of drug-likeness (QED) is 0.492. The fourth-order valence-electron chi connectivity index (χ4n) is 4.46. The Labute approximate surface area is 174 Å². The summed E-state index contributed by atoms with van der Waals surface area (Å²) in [5.74, 6) is 1.35. The maximum atomic E-state index is 13.9. The second-order valence-corrected chi connectivity index (χ2v) is 7.50. The Bertz CT molecular complexity index is 1220. The van der Waals surface area contributed by atoms with Crippen molar-refractivity contribution >= 4 is 10.9 Å². The van der Waals surface area contributed by atoms with Gasteiger partial charge in [-0.25, -0.2) is 4.39 Å². The molecule has 5 heteroatoms. The average molecular weight is 402 g/mol.